The lowest BCUT2D eigenvalue weighted by atomic mass is 10.0. The van der Waals surface area contributed by atoms with Gasteiger partial charge in [-0.05, 0) is 56.8 Å². The zero-order valence-corrected chi connectivity index (χ0v) is 12.8. The first kappa shape index (κ1) is 14.0. The summed E-state index contributed by atoms with van der Waals surface area (Å²) >= 11 is 0. The van der Waals surface area contributed by atoms with Gasteiger partial charge in [0.1, 0.15) is 0 Å². The molecule has 0 aromatic carbocycles. The highest BCUT2D eigenvalue weighted by molar-refractivity contribution is 5.79. The number of ether oxygens (including phenoxy) is 2. The molecule has 4 unspecified atom stereocenters. The lowest BCUT2D eigenvalue weighted by Gasteiger charge is -2.30. The first-order chi connectivity index (χ1) is 10.3. The van der Waals surface area contributed by atoms with Crippen molar-refractivity contribution in [1.82, 2.24) is 4.90 Å². The molecule has 2 saturated heterocycles. The van der Waals surface area contributed by atoms with E-state index in [2.05, 4.69) is 4.90 Å². The van der Waals surface area contributed by atoms with E-state index in [1.54, 1.807) is 0 Å². The highest BCUT2D eigenvalue weighted by Crippen LogP contribution is 2.54. The van der Waals surface area contributed by atoms with Gasteiger partial charge in [0.2, 0.25) is 5.91 Å². The predicted molar refractivity (Wildman–Crippen MR) is 78.8 cm³/mol. The van der Waals surface area contributed by atoms with Gasteiger partial charge in [-0.1, -0.05) is 0 Å². The van der Waals surface area contributed by atoms with Gasteiger partial charge in [-0.3, -0.25) is 4.79 Å². The van der Waals surface area contributed by atoms with Gasteiger partial charge in [0.15, 0.2) is 0 Å². The van der Waals surface area contributed by atoms with E-state index in [4.69, 9.17) is 9.47 Å². The quantitative estimate of drug-likeness (QED) is 0.780. The Morgan fingerprint density at radius 2 is 1.48 bits per heavy atom. The molecule has 0 bridgehead atoms. The molecule has 4 rings (SSSR count). The van der Waals surface area contributed by atoms with Gasteiger partial charge in [0, 0.05) is 32.2 Å². The standard InChI is InChI=1S/C17H27NO3/c19-17(14-8-12-7-13(12)9-14)18(10-15-3-1-5-20-15)11-16-4-2-6-21-16/h12-16H,1-11H2. The average molecular weight is 293 g/mol. The Labute approximate surface area is 127 Å². The molecular formula is C17H27NO3. The lowest BCUT2D eigenvalue weighted by molar-refractivity contribution is -0.139. The van der Waals surface area contributed by atoms with E-state index >= 15 is 0 Å². The maximum Gasteiger partial charge on any atom is 0.225 e. The number of rotatable bonds is 5. The minimum atomic E-state index is 0.256. The van der Waals surface area contributed by atoms with Crippen LogP contribution in [0.3, 0.4) is 0 Å². The van der Waals surface area contributed by atoms with Gasteiger partial charge in [-0.15, -0.1) is 0 Å². The van der Waals surface area contributed by atoms with E-state index in [9.17, 15) is 4.79 Å². The lowest BCUT2D eigenvalue weighted by Crippen LogP contribution is -2.44. The first-order valence-electron chi connectivity index (χ1n) is 8.81. The van der Waals surface area contributed by atoms with Crippen LogP contribution in [0.5, 0.6) is 0 Å². The van der Waals surface area contributed by atoms with Crippen LogP contribution in [-0.4, -0.2) is 49.3 Å². The Hall–Kier alpha value is -0.610. The van der Waals surface area contributed by atoms with Crippen LogP contribution >= 0.6 is 0 Å². The number of nitrogens with zero attached hydrogens (tertiary/aromatic N) is 1. The Balaban J connectivity index is 1.38. The first-order valence-corrected chi connectivity index (χ1v) is 8.81. The van der Waals surface area contributed by atoms with Gasteiger partial charge in [0.25, 0.3) is 0 Å². The summed E-state index contributed by atoms with van der Waals surface area (Å²) in [6.45, 7) is 3.29. The molecule has 2 heterocycles. The summed E-state index contributed by atoms with van der Waals surface area (Å²) in [7, 11) is 0. The maximum atomic E-state index is 12.9. The van der Waals surface area contributed by atoms with Gasteiger partial charge < -0.3 is 14.4 Å². The van der Waals surface area contributed by atoms with Crippen molar-refractivity contribution in [3.8, 4) is 0 Å². The summed E-state index contributed by atoms with van der Waals surface area (Å²) in [5.41, 5.74) is 0. The molecule has 4 fully saturated rings. The van der Waals surface area contributed by atoms with Crippen molar-refractivity contribution in [3.05, 3.63) is 0 Å². The molecule has 0 aromatic rings. The van der Waals surface area contributed by atoms with E-state index in [-0.39, 0.29) is 18.1 Å². The summed E-state index contributed by atoms with van der Waals surface area (Å²) < 4.78 is 11.5. The Morgan fingerprint density at radius 1 is 0.905 bits per heavy atom. The number of carbonyl (C=O) groups excluding carboxylic acids is 1. The summed E-state index contributed by atoms with van der Waals surface area (Å²) in [4.78, 5) is 15.0. The van der Waals surface area contributed by atoms with Crippen molar-refractivity contribution in [2.24, 2.45) is 17.8 Å². The van der Waals surface area contributed by atoms with Gasteiger partial charge in [-0.25, -0.2) is 0 Å². The average Bonchev–Trinajstić information content (AvgIpc) is 3.00. The number of hydrogen-bond donors (Lipinski definition) is 0. The molecule has 4 nitrogen and oxygen atoms in total. The van der Waals surface area contributed by atoms with Crippen molar-refractivity contribution in [3.63, 3.8) is 0 Å². The molecule has 2 aliphatic heterocycles. The third kappa shape index (κ3) is 3.11. The van der Waals surface area contributed by atoms with Crippen molar-refractivity contribution < 1.29 is 14.3 Å². The Bertz CT molecular complexity index is 359. The van der Waals surface area contributed by atoms with Crippen LogP contribution in [0.25, 0.3) is 0 Å². The van der Waals surface area contributed by atoms with Gasteiger partial charge >= 0.3 is 0 Å². The predicted octanol–water partition coefficient (Wildman–Crippen LogP) is 2.22. The number of fused-ring (bicyclic) bond motifs is 1. The van der Waals surface area contributed by atoms with Gasteiger partial charge in [0.05, 0.1) is 12.2 Å². The number of carbonyl (C=O) groups is 1. The Kier molecular flexibility index (Phi) is 3.92. The van der Waals surface area contributed by atoms with E-state index < -0.39 is 0 Å². The van der Waals surface area contributed by atoms with E-state index in [1.807, 2.05) is 0 Å². The summed E-state index contributed by atoms with van der Waals surface area (Å²) in [6, 6.07) is 0. The van der Waals surface area contributed by atoms with Crippen molar-refractivity contribution in [2.75, 3.05) is 26.3 Å². The topological polar surface area (TPSA) is 38.8 Å². The van der Waals surface area contributed by atoms with Gasteiger partial charge in [-0.2, -0.15) is 0 Å². The van der Waals surface area contributed by atoms with Crippen LogP contribution in [0.2, 0.25) is 0 Å². The van der Waals surface area contributed by atoms with E-state index in [0.717, 1.165) is 76.7 Å². The second-order valence-corrected chi connectivity index (χ2v) is 7.44. The zero-order valence-electron chi connectivity index (χ0n) is 12.8. The second-order valence-electron chi connectivity index (χ2n) is 7.44. The van der Waals surface area contributed by atoms with Crippen LogP contribution in [-0.2, 0) is 14.3 Å². The Morgan fingerprint density at radius 3 is 1.95 bits per heavy atom. The molecule has 1 amide bonds. The highest BCUT2D eigenvalue weighted by Gasteiger charge is 2.49. The van der Waals surface area contributed by atoms with Crippen LogP contribution < -0.4 is 0 Å². The fourth-order valence-electron chi connectivity index (χ4n) is 4.50. The second kappa shape index (κ2) is 5.88. The SMILES string of the molecule is O=C(C1CC2CC2C1)N(CC1CCCO1)CC1CCCO1. The molecular weight excluding hydrogens is 266 g/mol. The molecule has 21 heavy (non-hydrogen) atoms. The molecule has 0 aromatic heterocycles. The number of hydrogen-bond acceptors (Lipinski definition) is 3. The highest BCUT2D eigenvalue weighted by atomic mass is 16.5. The smallest absolute Gasteiger partial charge is 0.225 e. The summed E-state index contributed by atoms with van der Waals surface area (Å²) in [6.07, 6.45) is 8.64. The van der Waals surface area contributed by atoms with Crippen LogP contribution in [0.1, 0.15) is 44.9 Å². The minimum Gasteiger partial charge on any atom is -0.376 e. The minimum absolute atomic E-state index is 0.256. The molecule has 4 aliphatic rings. The van der Waals surface area contributed by atoms with Crippen LogP contribution in [0.15, 0.2) is 0 Å². The van der Waals surface area contributed by atoms with E-state index in [0.29, 0.717) is 5.91 Å². The fraction of sp³-hybridized carbons (Fsp3) is 0.941. The van der Waals surface area contributed by atoms with Crippen molar-refractivity contribution in [1.29, 1.82) is 0 Å². The zero-order chi connectivity index (χ0) is 14.2. The molecule has 4 heteroatoms. The molecule has 0 spiro atoms. The molecule has 0 N–H and O–H groups in total. The van der Waals surface area contributed by atoms with E-state index in [1.165, 1.54) is 6.42 Å². The monoisotopic (exact) mass is 293 g/mol. The fourth-order valence-corrected chi connectivity index (χ4v) is 4.50. The summed E-state index contributed by atoms with van der Waals surface area (Å²) in [5, 5.41) is 0. The normalized spacial score (nSPS) is 41.2. The molecule has 2 saturated carbocycles. The maximum absolute atomic E-state index is 12.9. The van der Waals surface area contributed by atoms with Crippen LogP contribution in [0.4, 0.5) is 0 Å². The largest absolute Gasteiger partial charge is 0.376 e. The third-order valence-electron chi connectivity index (χ3n) is 5.80. The summed E-state index contributed by atoms with van der Waals surface area (Å²) in [5.74, 6) is 2.40. The van der Waals surface area contributed by atoms with Crippen molar-refractivity contribution >= 4 is 5.91 Å². The molecule has 118 valence electrons. The molecule has 4 atom stereocenters. The van der Waals surface area contributed by atoms with Crippen molar-refractivity contribution in [2.45, 2.75) is 57.2 Å². The molecule has 2 aliphatic carbocycles. The van der Waals surface area contributed by atoms with Crippen LogP contribution in [0, 0.1) is 17.8 Å². The third-order valence-corrected chi connectivity index (χ3v) is 5.80. The molecule has 0 radical (unpaired) electrons. The number of amides is 1.